The summed E-state index contributed by atoms with van der Waals surface area (Å²) in [4.78, 5) is 0. The summed E-state index contributed by atoms with van der Waals surface area (Å²) in [6.45, 7) is 4.39. The van der Waals surface area contributed by atoms with Gasteiger partial charge in [-0.3, -0.25) is 0 Å². The zero-order valence-corrected chi connectivity index (χ0v) is 7.30. The Hall–Kier alpha value is -0.720. The maximum absolute atomic E-state index is 9.21. The molecular formula is C10H16O. The van der Waals surface area contributed by atoms with Gasteiger partial charge in [-0.05, 0) is 24.8 Å². The number of rotatable bonds is 1. The summed E-state index contributed by atoms with van der Waals surface area (Å²) in [5.74, 6) is 1.15. The van der Waals surface area contributed by atoms with Crippen LogP contribution in [0.2, 0.25) is 0 Å². The van der Waals surface area contributed by atoms with Crippen LogP contribution in [-0.4, -0.2) is 5.11 Å². The van der Waals surface area contributed by atoms with Crippen LogP contribution in [0.4, 0.5) is 0 Å². The van der Waals surface area contributed by atoms with E-state index in [2.05, 4.69) is 19.9 Å². The van der Waals surface area contributed by atoms with Gasteiger partial charge in [-0.1, -0.05) is 25.5 Å². The number of hydrogen-bond acceptors (Lipinski definition) is 1. The van der Waals surface area contributed by atoms with E-state index in [1.807, 2.05) is 6.08 Å². The Kier molecular flexibility index (Phi) is 2.75. The lowest BCUT2D eigenvalue weighted by Gasteiger charge is -2.07. The van der Waals surface area contributed by atoms with E-state index in [0.29, 0.717) is 11.7 Å². The highest BCUT2D eigenvalue weighted by Gasteiger charge is 2.06. The molecule has 1 rings (SSSR count). The summed E-state index contributed by atoms with van der Waals surface area (Å²) in [6.07, 6.45) is 6.96. The minimum Gasteiger partial charge on any atom is -0.512 e. The average Bonchev–Trinajstić information content (AvgIpc) is 2.13. The molecular weight excluding hydrogens is 136 g/mol. The van der Waals surface area contributed by atoms with Crippen molar-refractivity contribution in [3.63, 3.8) is 0 Å². The van der Waals surface area contributed by atoms with Crippen molar-refractivity contribution in [2.75, 3.05) is 0 Å². The number of aliphatic hydroxyl groups excluding tert-OH is 1. The van der Waals surface area contributed by atoms with Crippen LogP contribution in [0.25, 0.3) is 0 Å². The molecule has 0 saturated heterocycles. The van der Waals surface area contributed by atoms with Crippen LogP contribution in [0, 0.1) is 5.92 Å². The summed E-state index contributed by atoms with van der Waals surface area (Å²) < 4.78 is 0. The molecule has 0 atom stereocenters. The predicted molar refractivity (Wildman–Crippen MR) is 47.5 cm³/mol. The molecule has 0 aromatic carbocycles. The van der Waals surface area contributed by atoms with Crippen LogP contribution < -0.4 is 0 Å². The fourth-order valence-corrected chi connectivity index (χ4v) is 1.32. The first-order valence-electron chi connectivity index (χ1n) is 4.28. The number of allylic oxidation sites excluding steroid dienone is 4. The largest absolute Gasteiger partial charge is 0.512 e. The van der Waals surface area contributed by atoms with Crippen molar-refractivity contribution in [3.05, 3.63) is 23.5 Å². The quantitative estimate of drug-likeness (QED) is 0.611. The molecule has 1 aliphatic carbocycles. The van der Waals surface area contributed by atoms with Crippen molar-refractivity contribution in [2.45, 2.75) is 33.1 Å². The fraction of sp³-hybridized carbons (Fsp3) is 0.600. The van der Waals surface area contributed by atoms with Gasteiger partial charge in [0, 0.05) is 6.42 Å². The van der Waals surface area contributed by atoms with Crippen LogP contribution in [0.15, 0.2) is 23.5 Å². The van der Waals surface area contributed by atoms with E-state index >= 15 is 0 Å². The van der Waals surface area contributed by atoms with Gasteiger partial charge in [-0.25, -0.2) is 0 Å². The van der Waals surface area contributed by atoms with E-state index < -0.39 is 0 Å². The van der Waals surface area contributed by atoms with E-state index in [9.17, 15) is 5.11 Å². The molecule has 0 radical (unpaired) electrons. The Morgan fingerprint density at radius 3 is 2.64 bits per heavy atom. The van der Waals surface area contributed by atoms with E-state index in [1.165, 1.54) is 5.57 Å². The maximum Gasteiger partial charge on any atom is 0.0922 e. The molecule has 62 valence electrons. The van der Waals surface area contributed by atoms with Gasteiger partial charge < -0.3 is 5.11 Å². The van der Waals surface area contributed by atoms with Crippen LogP contribution in [0.3, 0.4) is 0 Å². The third-order valence-corrected chi connectivity index (χ3v) is 2.13. The summed E-state index contributed by atoms with van der Waals surface area (Å²) in [5, 5.41) is 9.21. The molecule has 0 unspecified atom stereocenters. The third kappa shape index (κ3) is 2.41. The van der Waals surface area contributed by atoms with Crippen LogP contribution >= 0.6 is 0 Å². The molecule has 0 heterocycles. The SMILES string of the molecule is CC(C)C1=CC=C(O)CCC1. The summed E-state index contributed by atoms with van der Waals surface area (Å²) in [6, 6.07) is 0. The van der Waals surface area contributed by atoms with Gasteiger partial charge in [0.2, 0.25) is 0 Å². The molecule has 0 aromatic rings. The second kappa shape index (κ2) is 3.61. The van der Waals surface area contributed by atoms with Gasteiger partial charge in [-0.15, -0.1) is 0 Å². The number of hydrogen-bond donors (Lipinski definition) is 1. The van der Waals surface area contributed by atoms with Gasteiger partial charge in [0.25, 0.3) is 0 Å². The molecule has 0 amide bonds. The van der Waals surface area contributed by atoms with E-state index in [1.54, 1.807) is 0 Å². The minimum absolute atomic E-state index is 0.528. The lowest BCUT2D eigenvalue weighted by molar-refractivity contribution is 0.385. The Balaban J connectivity index is 2.67. The van der Waals surface area contributed by atoms with Gasteiger partial charge >= 0.3 is 0 Å². The van der Waals surface area contributed by atoms with Crippen molar-refractivity contribution in [2.24, 2.45) is 5.92 Å². The average molecular weight is 152 g/mol. The van der Waals surface area contributed by atoms with E-state index in [4.69, 9.17) is 0 Å². The third-order valence-electron chi connectivity index (χ3n) is 2.13. The summed E-state index contributed by atoms with van der Waals surface area (Å²) in [7, 11) is 0. The molecule has 1 heteroatoms. The maximum atomic E-state index is 9.21. The molecule has 11 heavy (non-hydrogen) atoms. The summed E-state index contributed by atoms with van der Waals surface area (Å²) >= 11 is 0. The predicted octanol–water partition coefficient (Wildman–Crippen LogP) is 3.19. The first-order chi connectivity index (χ1) is 5.20. The zero-order valence-electron chi connectivity index (χ0n) is 7.30. The Morgan fingerprint density at radius 2 is 2.00 bits per heavy atom. The highest BCUT2D eigenvalue weighted by Crippen LogP contribution is 2.21. The van der Waals surface area contributed by atoms with E-state index in [0.717, 1.165) is 19.3 Å². The first kappa shape index (κ1) is 8.38. The molecule has 0 aliphatic heterocycles. The second-order valence-corrected chi connectivity index (χ2v) is 3.41. The molecule has 0 fully saturated rings. The Morgan fingerprint density at radius 1 is 1.27 bits per heavy atom. The number of aliphatic hydroxyl groups is 1. The normalized spacial score (nSPS) is 19.2. The Labute approximate surface area is 68.4 Å². The van der Waals surface area contributed by atoms with Gasteiger partial charge in [0.1, 0.15) is 0 Å². The lowest BCUT2D eigenvalue weighted by atomic mass is 9.99. The zero-order chi connectivity index (χ0) is 8.27. The van der Waals surface area contributed by atoms with E-state index in [-0.39, 0.29) is 0 Å². The standard InChI is InChI=1S/C10H16O/c1-8(2)9-4-3-5-10(11)7-6-9/h6-8,11H,3-5H2,1-2H3. The molecule has 0 aromatic heterocycles. The van der Waals surface area contributed by atoms with Crippen molar-refractivity contribution in [1.29, 1.82) is 0 Å². The molecule has 1 aliphatic rings. The van der Waals surface area contributed by atoms with Gasteiger partial charge in [0.05, 0.1) is 5.76 Å². The smallest absolute Gasteiger partial charge is 0.0922 e. The highest BCUT2D eigenvalue weighted by atomic mass is 16.3. The molecule has 1 nitrogen and oxygen atoms in total. The monoisotopic (exact) mass is 152 g/mol. The topological polar surface area (TPSA) is 20.2 Å². The first-order valence-corrected chi connectivity index (χ1v) is 4.28. The van der Waals surface area contributed by atoms with Crippen molar-refractivity contribution in [1.82, 2.24) is 0 Å². The second-order valence-electron chi connectivity index (χ2n) is 3.41. The van der Waals surface area contributed by atoms with Crippen LogP contribution in [0.1, 0.15) is 33.1 Å². The minimum atomic E-state index is 0.528. The fourth-order valence-electron chi connectivity index (χ4n) is 1.32. The van der Waals surface area contributed by atoms with Crippen LogP contribution in [-0.2, 0) is 0 Å². The highest BCUT2D eigenvalue weighted by molar-refractivity contribution is 5.18. The Bertz CT molecular complexity index is 187. The molecule has 0 bridgehead atoms. The molecule has 1 N–H and O–H groups in total. The summed E-state index contributed by atoms with van der Waals surface area (Å²) in [5.41, 5.74) is 1.45. The van der Waals surface area contributed by atoms with Crippen molar-refractivity contribution in [3.8, 4) is 0 Å². The van der Waals surface area contributed by atoms with Gasteiger partial charge in [0.15, 0.2) is 0 Å². The molecule has 0 spiro atoms. The molecule has 0 saturated carbocycles. The lowest BCUT2D eigenvalue weighted by Crippen LogP contribution is -1.92. The van der Waals surface area contributed by atoms with Gasteiger partial charge in [-0.2, -0.15) is 0 Å². The van der Waals surface area contributed by atoms with Crippen LogP contribution in [0.5, 0.6) is 0 Å². The van der Waals surface area contributed by atoms with Crippen molar-refractivity contribution >= 4 is 0 Å². The van der Waals surface area contributed by atoms with Crippen molar-refractivity contribution < 1.29 is 5.11 Å².